The van der Waals surface area contributed by atoms with E-state index in [0.717, 1.165) is 25.3 Å². The summed E-state index contributed by atoms with van der Waals surface area (Å²) in [5.74, 6) is 1.46. The fourth-order valence-corrected chi connectivity index (χ4v) is 3.52. The maximum absolute atomic E-state index is 5.89. The minimum absolute atomic E-state index is 0.381. The maximum atomic E-state index is 5.89. The first-order chi connectivity index (χ1) is 10.8. The highest BCUT2D eigenvalue weighted by Crippen LogP contribution is 2.34. The molecule has 22 heavy (non-hydrogen) atoms. The Morgan fingerprint density at radius 1 is 1.32 bits per heavy atom. The molecule has 2 aliphatic heterocycles. The summed E-state index contributed by atoms with van der Waals surface area (Å²) >= 11 is 0. The van der Waals surface area contributed by atoms with Gasteiger partial charge in [-0.15, -0.1) is 0 Å². The van der Waals surface area contributed by atoms with Crippen molar-refractivity contribution < 1.29 is 4.74 Å². The third-order valence-electron chi connectivity index (χ3n) is 4.89. The molecule has 2 fully saturated rings. The summed E-state index contributed by atoms with van der Waals surface area (Å²) in [6.45, 7) is 3.20. The second-order valence-corrected chi connectivity index (χ2v) is 6.46. The molecule has 4 unspecified atom stereocenters. The van der Waals surface area contributed by atoms with E-state index in [-0.39, 0.29) is 0 Å². The van der Waals surface area contributed by atoms with Crippen molar-refractivity contribution in [2.75, 3.05) is 13.6 Å². The van der Waals surface area contributed by atoms with E-state index < -0.39 is 0 Å². The number of ether oxygens (including phenoxy) is 1. The molecule has 120 valence electrons. The van der Waals surface area contributed by atoms with Gasteiger partial charge in [0.15, 0.2) is 5.96 Å². The molecule has 0 radical (unpaired) electrons. The van der Waals surface area contributed by atoms with Crippen molar-refractivity contribution in [3.05, 3.63) is 35.9 Å². The second kappa shape index (κ2) is 7.14. The third kappa shape index (κ3) is 3.61. The summed E-state index contributed by atoms with van der Waals surface area (Å²) < 4.78 is 5.89. The van der Waals surface area contributed by atoms with Crippen LogP contribution in [-0.4, -0.2) is 37.8 Å². The van der Waals surface area contributed by atoms with E-state index in [1.165, 1.54) is 18.4 Å². The monoisotopic (exact) mass is 301 g/mol. The van der Waals surface area contributed by atoms with Crippen LogP contribution in [0.2, 0.25) is 0 Å². The van der Waals surface area contributed by atoms with Gasteiger partial charge in [-0.3, -0.25) is 4.99 Å². The van der Waals surface area contributed by atoms with Gasteiger partial charge in [-0.2, -0.15) is 0 Å². The standard InChI is InChI=1S/C18H27N3O/c1-13(14-6-4-3-5-7-14)10-11-20-18(19-2)21-16-12-15-8-9-17(16)22-15/h3-7,13,15-17H,8-12H2,1-2H3,(H2,19,20,21). The van der Waals surface area contributed by atoms with E-state index in [4.69, 9.17) is 4.74 Å². The maximum Gasteiger partial charge on any atom is 0.191 e. The topological polar surface area (TPSA) is 45.7 Å². The Hall–Kier alpha value is -1.55. The fraction of sp³-hybridized carbons (Fsp3) is 0.611. The highest BCUT2D eigenvalue weighted by Gasteiger charge is 2.41. The van der Waals surface area contributed by atoms with Crippen molar-refractivity contribution in [2.45, 2.75) is 56.8 Å². The van der Waals surface area contributed by atoms with Crippen molar-refractivity contribution in [3.8, 4) is 0 Å². The number of hydrogen-bond acceptors (Lipinski definition) is 2. The first-order valence-electron chi connectivity index (χ1n) is 8.44. The number of benzene rings is 1. The molecule has 0 spiro atoms. The molecule has 1 aromatic carbocycles. The number of fused-ring (bicyclic) bond motifs is 2. The average Bonchev–Trinajstić information content (AvgIpc) is 3.17. The number of hydrogen-bond donors (Lipinski definition) is 2. The zero-order chi connectivity index (χ0) is 15.4. The largest absolute Gasteiger partial charge is 0.373 e. The van der Waals surface area contributed by atoms with Crippen LogP contribution < -0.4 is 10.6 Å². The minimum atomic E-state index is 0.381. The van der Waals surface area contributed by atoms with Crippen molar-refractivity contribution in [3.63, 3.8) is 0 Å². The van der Waals surface area contributed by atoms with Crippen LogP contribution in [0, 0.1) is 0 Å². The molecule has 0 amide bonds. The van der Waals surface area contributed by atoms with Crippen LogP contribution in [0.5, 0.6) is 0 Å². The Balaban J connectivity index is 1.42. The Bertz CT molecular complexity index is 502. The Labute approximate surface area is 133 Å². The molecule has 0 aromatic heterocycles. The molecule has 4 heteroatoms. The summed E-state index contributed by atoms with van der Waals surface area (Å²) in [5, 5.41) is 6.96. The highest BCUT2D eigenvalue weighted by molar-refractivity contribution is 5.80. The van der Waals surface area contributed by atoms with E-state index in [9.17, 15) is 0 Å². The molecule has 2 bridgehead atoms. The summed E-state index contributed by atoms with van der Waals surface area (Å²) in [4.78, 5) is 4.34. The normalized spacial score (nSPS) is 28.6. The summed E-state index contributed by atoms with van der Waals surface area (Å²) in [5.41, 5.74) is 1.40. The van der Waals surface area contributed by atoms with Crippen molar-refractivity contribution in [2.24, 2.45) is 4.99 Å². The van der Waals surface area contributed by atoms with Gasteiger partial charge in [-0.05, 0) is 37.2 Å². The summed E-state index contributed by atoms with van der Waals surface area (Å²) in [6, 6.07) is 11.1. The molecule has 4 nitrogen and oxygen atoms in total. The van der Waals surface area contributed by atoms with E-state index in [1.807, 2.05) is 7.05 Å². The average molecular weight is 301 g/mol. The van der Waals surface area contributed by atoms with Gasteiger partial charge in [0, 0.05) is 13.6 Å². The van der Waals surface area contributed by atoms with Crippen LogP contribution in [0.4, 0.5) is 0 Å². The van der Waals surface area contributed by atoms with Crippen LogP contribution in [0.25, 0.3) is 0 Å². The molecule has 0 aliphatic carbocycles. The van der Waals surface area contributed by atoms with Gasteiger partial charge < -0.3 is 15.4 Å². The Morgan fingerprint density at radius 2 is 2.14 bits per heavy atom. The third-order valence-corrected chi connectivity index (χ3v) is 4.89. The van der Waals surface area contributed by atoms with Crippen molar-refractivity contribution in [1.82, 2.24) is 10.6 Å². The quantitative estimate of drug-likeness (QED) is 0.649. The first-order valence-corrected chi connectivity index (χ1v) is 8.44. The van der Waals surface area contributed by atoms with Gasteiger partial charge in [0.1, 0.15) is 0 Å². The number of nitrogens with one attached hydrogen (secondary N) is 2. The van der Waals surface area contributed by atoms with Crippen LogP contribution in [0.3, 0.4) is 0 Å². The van der Waals surface area contributed by atoms with Crippen LogP contribution in [-0.2, 0) is 4.74 Å². The van der Waals surface area contributed by atoms with E-state index in [1.54, 1.807) is 0 Å². The van der Waals surface area contributed by atoms with Crippen LogP contribution in [0.1, 0.15) is 44.1 Å². The van der Waals surface area contributed by atoms with Gasteiger partial charge in [-0.1, -0.05) is 37.3 Å². The molecule has 1 aromatic rings. The SMILES string of the molecule is CN=C(NCCC(C)c1ccccc1)NC1CC2CCC1O2. The lowest BCUT2D eigenvalue weighted by molar-refractivity contribution is 0.0992. The van der Waals surface area contributed by atoms with E-state index >= 15 is 0 Å². The number of guanidine groups is 1. The first kappa shape index (κ1) is 15.3. The van der Waals surface area contributed by atoms with Gasteiger partial charge >= 0.3 is 0 Å². The Morgan fingerprint density at radius 3 is 2.77 bits per heavy atom. The molecule has 2 saturated heterocycles. The fourth-order valence-electron chi connectivity index (χ4n) is 3.52. The molecule has 2 N–H and O–H groups in total. The number of rotatable bonds is 5. The van der Waals surface area contributed by atoms with Gasteiger partial charge in [0.2, 0.25) is 0 Å². The summed E-state index contributed by atoms with van der Waals surface area (Å²) in [6.07, 6.45) is 5.47. The molecule has 3 rings (SSSR count). The summed E-state index contributed by atoms with van der Waals surface area (Å²) in [7, 11) is 1.84. The lowest BCUT2D eigenvalue weighted by Crippen LogP contribution is -2.47. The zero-order valence-electron chi connectivity index (χ0n) is 13.6. The number of nitrogens with zero attached hydrogens (tertiary/aromatic N) is 1. The highest BCUT2D eigenvalue weighted by atomic mass is 16.5. The molecule has 4 atom stereocenters. The smallest absolute Gasteiger partial charge is 0.191 e. The lowest BCUT2D eigenvalue weighted by Gasteiger charge is -2.23. The van der Waals surface area contributed by atoms with Crippen LogP contribution >= 0.6 is 0 Å². The predicted molar refractivity (Wildman–Crippen MR) is 90.3 cm³/mol. The van der Waals surface area contributed by atoms with Gasteiger partial charge in [-0.25, -0.2) is 0 Å². The second-order valence-electron chi connectivity index (χ2n) is 6.46. The minimum Gasteiger partial charge on any atom is -0.373 e. The van der Waals surface area contributed by atoms with Crippen molar-refractivity contribution >= 4 is 5.96 Å². The Kier molecular flexibility index (Phi) is 4.98. The molecule has 2 aliphatic rings. The van der Waals surface area contributed by atoms with Gasteiger partial charge in [0.25, 0.3) is 0 Å². The predicted octanol–water partition coefficient (Wildman–Crippen LogP) is 2.67. The number of aliphatic imine (C=N–C) groups is 1. The van der Waals surface area contributed by atoms with Crippen LogP contribution in [0.15, 0.2) is 35.3 Å². The zero-order valence-corrected chi connectivity index (χ0v) is 13.6. The molecule has 2 heterocycles. The lowest BCUT2D eigenvalue weighted by atomic mass is 9.96. The molecular weight excluding hydrogens is 274 g/mol. The van der Waals surface area contributed by atoms with Gasteiger partial charge in [0.05, 0.1) is 18.2 Å². The molecule has 0 saturated carbocycles. The van der Waals surface area contributed by atoms with Crippen molar-refractivity contribution in [1.29, 1.82) is 0 Å². The van der Waals surface area contributed by atoms with E-state index in [2.05, 4.69) is 52.9 Å². The van der Waals surface area contributed by atoms with E-state index in [0.29, 0.717) is 24.2 Å². The molecular formula is C18H27N3O.